The first-order valence-corrected chi connectivity index (χ1v) is 12.3. The van der Waals surface area contributed by atoms with Gasteiger partial charge in [-0.1, -0.05) is 78.9 Å². The van der Waals surface area contributed by atoms with E-state index in [-0.39, 0.29) is 25.5 Å². The van der Waals surface area contributed by atoms with Crippen LogP contribution in [0, 0.1) is 0 Å². The summed E-state index contributed by atoms with van der Waals surface area (Å²) in [5, 5.41) is 2.66. The molecule has 4 rings (SSSR count). The number of ether oxygens (including phenoxy) is 3. The minimum atomic E-state index is -0.765. The van der Waals surface area contributed by atoms with Gasteiger partial charge in [0.25, 0.3) is 11.8 Å². The second-order valence-corrected chi connectivity index (χ2v) is 8.84. The molecule has 0 spiro atoms. The number of carbonyl (C=O) groups excluding carboxylic acids is 3. The van der Waals surface area contributed by atoms with E-state index in [1.54, 1.807) is 31.2 Å². The van der Waals surface area contributed by atoms with Gasteiger partial charge < -0.3 is 24.4 Å². The van der Waals surface area contributed by atoms with Crippen LogP contribution in [0.1, 0.15) is 24.2 Å². The number of methoxy groups -OCH3 is 1. The SMILES string of the molecule is COCC(C)=C(C(=O)OC(c1ccccc1)c1ccccc1)N1CC(NC(=O)COc2ccccc2)C1=O. The maximum atomic E-state index is 13.5. The van der Waals surface area contributed by atoms with Crippen molar-refractivity contribution in [3.63, 3.8) is 0 Å². The van der Waals surface area contributed by atoms with Gasteiger partial charge >= 0.3 is 5.97 Å². The van der Waals surface area contributed by atoms with Crippen LogP contribution in [0.25, 0.3) is 0 Å². The first-order chi connectivity index (χ1) is 18.5. The Bertz CT molecular complexity index is 1240. The first-order valence-electron chi connectivity index (χ1n) is 12.3. The largest absolute Gasteiger partial charge is 0.484 e. The summed E-state index contributed by atoms with van der Waals surface area (Å²) >= 11 is 0. The van der Waals surface area contributed by atoms with Crippen molar-refractivity contribution >= 4 is 17.8 Å². The maximum Gasteiger partial charge on any atom is 0.356 e. The number of nitrogens with one attached hydrogen (secondary N) is 1. The number of esters is 1. The summed E-state index contributed by atoms with van der Waals surface area (Å²) in [6.45, 7) is 1.75. The van der Waals surface area contributed by atoms with Gasteiger partial charge in [0.2, 0.25) is 0 Å². The molecule has 0 aliphatic carbocycles. The fraction of sp³-hybridized carbons (Fsp3) is 0.233. The Kier molecular flexibility index (Phi) is 8.89. The smallest absolute Gasteiger partial charge is 0.356 e. The highest BCUT2D eigenvalue weighted by Crippen LogP contribution is 2.29. The number of nitrogens with zero attached hydrogens (tertiary/aromatic N) is 1. The zero-order valence-corrected chi connectivity index (χ0v) is 21.3. The molecule has 3 aromatic carbocycles. The first kappa shape index (κ1) is 26.6. The summed E-state index contributed by atoms with van der Waals surface area (Å²) < 4.78 is 16.7. The van der Waals surface area contributed by atoms with E-state index in [0.29, 0.717) is 11.3 Å². The Morgan fingerprint density at radius 3 is 1.97 bits per heavy atom. The van der Waals surface area contributed by atoms with E-state index in [2.05, 4.69) is 5.32 Å². The lowest BCUT2D eigenvalue weighted by Crippen LogP contribution is -2.64. The molecule has 1 fully saturated rings. The summed E-state index contributed by atoms with van der Waals surface area (Å²) in [6, 6.07) is 27.0. The topological polar surface area (TPSA) is 94.2 Å². The van der Waals surface area contributed by atoms with Gasteiger partial charge in [-0.3, -0.25) is 9.59 Å². The summed E-state index contributed by atoms with van der Waals surface area (Å²) in [5.74, 6) is -0.931. The zero-order chi connectivity index (χ0) is 26.9. The summed E-state index contributed by atoms with van der Waals surface area (Å²) in [4.78, 5) is 40.3. The van der Waals surface area contributed by atoms with E-state index in [1.807, 2.05) is 66.7 Å². The van der Waals surface area contributed by atoms with Crippen molar-refractivity contribution in [1.29, 1.82) is 0 Å². The number of β-lactam (4-membered cyclic amide) rings is 1. The molecule has 196 valence electrons. The normalized spacial score (nSPS) is 15.4. The van der Waals surface area contributed by atoms with Gasteiger partial charge in [0.15, 0.2) is 12.7 Å². The highest BCUT2D eigenvalue weighted by Gasteiger charge is 2.43. The number of rotatable bonds is 11. The predicted octanol–water partition coefficient (Wildman–Crippen LogP) is 3.65. The molecule has 1 atom stereocenters. The van der Waals surface area contributed by atoms with Gasteiger partial charge in [-0.05, 0) is 35.8 Å². The van der Waals surface area contributed by atoms with E-state index in [4.69, 9.17) is 14.2 Å². The molecule has 2 amide bonds. The molecule has 8 heteroatoms. The fourth-order valence-electron chi connectivity index (χ4n) is 4.18. The number of likely N-dealkylation sites (tertiary alicyclic amines) is 1. The Balaban J connectivity index is 1.46. The minimum Gasteiger partial charge on any atom is -0.484 e. The van der Waals surface area contributed by atoms with Crippen molar-refractivity contribution in [3.05, 3.63) is 113 Å². The minimum absolute atomic E-state index is 0.111. The molecule has 8 nitrogen and oxygen atoms in total. The monoisotopic (exact) mass is 514 g/mol. The molecule has 0 aromatic heterocycles. The molecule has 38 heavy (non-hydrogen) atoms. The molecule has 1 aliphatic rings. The van der Waals surface area contributed by atoms with Crippen LogP contribution in [0.3, 0.4) is 0 Å². The second kappa shape index (κ2) is 12.7. The van der Waals surface area contributed by atoms with Gasteiger partial charge in [0.1, 0.15) is 17.5 Å². The molecular formula is C30H30N2O6. The second-order valence-electron chi connectivity index (χ2n) is 8.84. The van der Waals surface area contributed by atoms with E-state index < -0.39 is 29.9 Å². The lowest BCUT2D eigenvalue weighted by molar-refractivity contribution is -0.153. The summed E-state index contributed by atoms with van der Waals surface area (Å²) in [7, 11) is 1.51. The van der Waals surface area contributed by atoms with E-state index in [9.17, 15) is 14.4 Å². The molecular weight excluding hydrogens is 484 g/mol. The number of para-hydroxylation sites is 1. The van der Waals surface area contributed by atoms with Crippen LogP contribution in [0.2, 0.25) is 0 Å². The van der Waals surface area contributed by atoms with Gasteiger partial charge in [0, 0.05) is 7.11 Å². The van der Waals surface area contributed by atoms with Gasteiger partial charge in [-0.15, -0.1) is 0 Å². The third-order valence-corrected chi connectivity index (χ3v) is 6.04. The number of carbonyl (C=O) groups is 3. The number of benzene rings is 3. The van der Waals surface area contributed by atoms with Crippen molar-refractivity contribution < 1.29 is 28.6 Å². The molecule has 0 bridgehead atoms. The number of hydrogen-bond donors (Lipinski definition) is 1. The molecule has 1 aliphatic heterocycles. The quantitative estimate of drug-likeness (QED) is 0.239. The van der Waals surface area contributed by atoms with E-state index in [1.165, 1.54) is 12.0 Å². The average molecular weight is 515 g/mol. The standard InChI is InChI=1S/C30H30N2O6/c1-21(19-36-2)27(30(35)38-28(22-12-6-3-7-13-22)23-14-8-4-9-15-23)32-18-25(29(32)34)31-26(33)20-37-24-16-10-5-11-17-24/h3-17,25,28H,18-20H2,1-2H3,(H,31,33). The predicted molar refractivity (Wildman–Crippen MR) is 141 cm³/mol. The molecule has 1 unspecified atom stereocenters. The van der Waals surface area contributed by atoms with Crippen molar-refractivity contribution in [2.45, 2.75) is 19.1 Å². The van der Waals surface area contributed by atoms with Crippen molar-refractivity contribution in [3.8, 4) is 5.75 Å². The number of hydrogen-bond acceptors (Lipinski definition) is 6. The van der Waals surface area contributed by atoms with E-state index >= 15 is 0 Å². The Labute approximate surface area is 221 Å². The molecule has 0 radical (unpaired) electrons. The lowest BCUT2D eigenvalue weighted by Gasteiger charge is -2.40. The van der Waals surface area contributed by atoms with Crippen molar-refractivity contribution in [1.82, 2.24) is 10.2 Å². The van der Waals surface area contributed by atoms with Gasteiger partial charge in [0.05, 0.1) is 13.2 Å². The summed E-state index contributed by atoms with van der Waals surface area (Å²) in [5.41, 5.74) is 2.26. The van der Waals surface area contributed by atoms with Gasteiger partial charge in [-0.2, -0.15) is 0 Å². The molecule has 0 saturated carbocycles. The highest BCUT2D eigenvalue weighted by atomic mass is 16.5. The van der Waals surface area contributed by atoms with Crippen LogP contribution >= 0.6 is 0 Å². The van der Waals surface area contributed by atoms with Crippen LogP contribution in [-0.4, -0.2) is 55.6 Å². The zero-order valence-electron chi connectivity index (χ0n) is 21.3. The number of amides is 2. The Morgan fingerprint density at radius 2 is 1.45 bits per heavy atom. The third kappa shape index (κ3) is 6.46. The van der Waals surface area contributed by atoms with Crippen LogP contribution in [0.4, 0.5) is 0 Å². The molecule has 3 aromatic rings. The Morgan fingerprint density at radius 1 is 0.895 bits per heavy atom. The average Bonchev–Trinajstić information content (AvgIpc) is 2.95. The molecule has 1 N–H and O–H groups in total. The third-order valence-electron chi connectivity index (χ3n) is 6.04. The van der Waals surface area contributed by atoms with Crippen molar-refractivity contribution in [2.75, 3.05) is 26.9 Å². The van der Waals surface area contributed by atoms with Crippen LogP contribution in [0.15, 0.2) is 102 Å². The maximum absolute atomic E-state index is 13.5. The molecule has 1 heterocycles. The Hall–Kier alpha value is -4.43. The van der Waals surface area contributed by atoms with Crippen LogP contribution in [0.5, 0.6) is 5.75 Å². The van der Waals surface area contributed by atoms with E-state index in [0.717, 1.165) is 11.1 Å². The van der Waals surface area contributed by atoms with Gasteiger partial charge in [-0.25, -0.2) is 4.79 Å². The fourth-order valence-corrected chi connectivity index (χ4v) is 4.18. The van der Waals surface area contributed by atoms with Crippen LogP contribution < -0.4 is 10.1 Å². The van der Waals surface area contributed by atoms with Crippen molar-refractivity contribution in [2.24, 2.45) is 0 Å². The lowest BCUT2D eigenvalue weighted by atomic mass is 10.0. The summed E-state index contributed by atoms with van der Waals surface area (Å²) in [6.07, 6.45) is -0.669. The molecule has 1 saturated heterocycles. The van der Waals surface area contributed by atoms with Crippen LogP contribution in [-0.2, 0) is 23.9 Å². The highest BCUT2D eigenvalue weighted by molar-refractivity contribution is 6.01.